The summed E-state index contributed by atoms with van der Waals surface area (Å²) in [6, 6.07) is 16.6. The van der Waals surface area contributed by atoms with Crippen molar-refractivity contribution in [2.24, 2.45) is 0 Å². The molecule has 0 bridgehead atoms. The number of hydrogen-bond donors (Lipinski definition) is 1. The number of aryl methyl sites for hydroxylation is 2. The fourth-order valence-electron chi connectivity index (χ4n) is 3.71. The van der Waals surface area contributed by atoms with E-state index in [0.717, 1.165) is 33.3 Å². The van der Waals surface area contributed by atoms with Gasteiger partial charge in [-0.1, -0.05) is 59.8 Å². The van der Waals surface area contributed by atoms with Crippen molar-refractivity contribution in [3.05, 3.63) is 77.7 Å². The van der Waals surface area contributed by atoms with E-state index in [1.54, 1.807) is 41.9 Å². The Hall–Kier alpha value is -3.53. The van der Waals surface area contributed by atoms with Gasteiger partial charge in [-0.3, -0.25) is 4.79 Å². The Bertz CT molecular complexity index is 1330. The predicted molar refractivity (Wildman–Crippen MR) is 131 cm³/mol. The summed E-state index contributed by atoms with van der Waals surface area (Å²) < 4.78 is 42.7. The lowest BCUT2D eigenvalue weighted by Crippen LogP contribution is -2.20. The second kappa shape index (κ2) is 9.99. The molecule has 1 amide bonds. The van der Waals surface area contributed by atoms with Crippen LogP contribution in [0.5, 0.6) is 0 Å². The van der Waals surface area contributed by atoms with E-state index in [4.69, 9.17) is 0 Å². The average Bonchev–Trinajstić information content (AvgIpc) is 3.33. The third-order valence-corrected chi connectivity index (χ3v) is 6.38. The molecule has 182 valence electrons. The standard InChI is InChI=1S/C25H24F3N5OS/c1-16-9-11-20(12-10-16)33-18(3)23(17(2)31-33)30-22(34)14-35-24-29-13-21(19-7-5-4-6-8-19)32(24)15-25(26,27)28/h4-13H,14-15H2,1-3H3,(H,30,34). The quantitative estimate of drug-likeness (QED) is 0.319. The molecule has 0 aliphatic rings. The number of hydrogen-bond acceptors (Lipinski definition) is 4. The van der Waals surface area contributed by atoms with Gasteiger partial charge >= 0.3 is 6.18 Å². The number of benzene rings is 2. The van der Waals surface area contributed by atoms with E-state index in [1.165, 1.54) is 6.20 Å². The zero-order valence-corrected chi connectivity index (χ0v) is 20.2. The molecular weight excluding hydrogens is 475 g/mol. The lowest BCUT2D eigenvalue weighted by atomic mass is 10.2. The van der Waals surface area contributed by atoms with Gasteiger partial charge in [-0.2, -0.15) is 18.3 Å². The highest BCUT2D eigenvalue weighted by Gasteiger charge is 2.31. The normalized spacial score (nSPS) is 11.6. The molecule has 4 aromatic rings. The topological polar surface area (TPSA) is 64.7 Å². The van der Waals surface area contributed by atoms with Gasteiger partial charge in [0.15, 0.2) is 5.16 Å². The average molecular weight is 500 g/mol. The molecule has 10 heteroatoms. The number of rotatable bonds is 7. The number of thioether (sulfide) groups is 1. The Morgan fingerprint density at radius 1 is 1.03 bits per heavy atom. The minimum absolute atomic E-state index is 0.0995. The number of amides is 1. The van der Waals surface area contributed by atoms with Crippen LogP contribution in [0.4, 0.5) is 18.9 Å². The van der Waals surface area contributed by atoms with Crippen LogP contribution >= 0.6 is 11.8 Å². The highest BCUT2D eigenvalue weighted by Crippen LogP contribution is 2.30. The Morgan fingerprint density at radius 2 is 1.71 bits per heavy atom. The molecule has 0 spiro atoms. The fourth-order valence-corrected chi connectivity index (χ4v) is 4.49. The number of alkyl halides is 3. The van der Waals surface area contributed by atoms with E-state index in [-0.39, 0.29) is 16.8 Å². The largest absolute Gasteiger partial charge is 0.406 e. The van der Waals surface area contributed by atoms with Gasteiger partial charge in [0.1, 0.15) is 6.54 Å². The third kappa shape index (κ3) is 5.76. The molecule has 2 aromatic carbocycles. The number of nitrogens with one attached hydrogen (secondary N) is 1. The van der Waals surface area contributed by atoms with Crippen molar-refractivity contribution < 1.29 is 18.0 Å². The van der Waals surface area contributed by atoms with E-state index >= 15 is 0 Å². The van der Waals surface area contributed by atoms with Crippen molar-refractivity contribution in [1.82, 2.24) is 19.3 Å². The predicted octanol–water partition coefficient (Wildman–Crippen LogP) is 5.95. The number of anilines is 1. The molecule has 0 unspecified atom stereocenters. The van der Waals surface area contributed by atoms with Gasteiger partial charge in [-0.15, -0.1) is 0 Å². The van der Waals surface area contributed by atoms with Crippen LogP contribution in [0, 0.1) is 20.8 Å². The number of carbonyl (C=O) groups is 1. The van der Waals surface area contributed by atoms with E-state index in [2.05, 4.69) is 15.4 Å². The highest BCUT2D eigenvalue weighted by molar-refractivity contribution is 7.99. The molecule has 6 nitrogen and oxygen atoms in total. The van der Waals surface area contributed by atoms with Crippen LogP contribution in [0.2, 0.25) is 0 Å². The molecule has 35 heavy (non-hydrogen) atoms. The van der Waals surface area contributed by atoms with Crippen molar-refractivity contribution in [2.45, 2.75) is 38.6 Å². The maximum absolute atomic E-state index is 13.3. The van der Waals surface area contributed by atoms with Crippen LogP contribution in [0.25, 0.3) is 16.9 Å². The Balaban J connectivity index is 1.50. The number of nitrogens with zero attached hydrogens (tertiary/aromatic N) is 4. The van der Waals surface area contributed by atoms with Gasteiger partial charge in [-0.25, -0.2) is 9.67 Å². The first-order valence-electron chi connectivity index (χ1n) is 10.9. The minimum Gasteiger partial charge on any atom is -0.322 e. The van der Waals surface area contributed by atoms with Gasteiger partial charge < -0.3 is 9.88 Å². The molecule has 2 aromatic heterocycles. The smallest absolute Gasteiger partial charge is 0.322 e. The van der Waals surface area contributed by atoms with E-state index < -0.39 is 12.7 Å². The molecule has 0 saturated carbocycles. The summed E-state index contributed by atoms with van der Waals surface area (Å²) >= 11 is 0.960. The molecular formula is C25H24F3N5OS. The van der Waals surface area contributed by atoms with Crippen molar-refractivity contribution >= 4 is 23.4 Å². The summed E-state index contributed by atoms with van der Waals surface area (Å²) in [6.45, 7) is 4.45. The zero-order chi connectivity index (χ0) is 25.2. The molecule has 0 aliphatic carbocycles. The lowest BCUT2D eigenvalue weighted by molar-refractivity contribution is -0.141. The number of aromatic nitrogens is 4. The van der Waals surface area contributed by atoms with E-state index in [9.17, 15) is 18.0 Å². The molecule has 1 N–H and O–H groups in total. The van der Waals surface area contributed by atoms with Gasteiger partial charge in [0.25, 0.3) is 0 Å². The van der Waals surface area contributed by atoms with Gasteiger partial charge in [0, 0.05) is 0 Å². The van der Waals surface area contributed by atoms with Gasteiger partial charge in [-0.05, 0) is 38.5 Å². The molecule has 0 aliphatic heterocycles. The molecule has 0 atom stereocenters. The second-order valence-corrected chi connectivity index (χ2v) is 9.07. The molecule has 2 heterocycles. The summed E-state index contributed by atoms with van der Waals surface area (Å²) in [5.74, 6) is -0.454. The summed E-state index contributed by atoms with van der Waals surface area (Å²) in [5, 5.41) is 7.51. The first kappa shape index (κ1) is 24.6. The minimum atomic E-state index is -4.43. The van der Waals surface area contributed by atoms with E-state index in [1.807, 2.05) is 38.1 Å². The second-order valence-electron chi connectivity index (χ2n) is 8.12. The maximum Gasteiger partial charge on any atom is 0.406 e. The first-order valence-corrected chi connectivity index (χ1v) is 11.8. The van der Waals surface area contributed by atoms with Crippen LogP contribution in [-0.2, 0) is 11.3 Å². The SMILES string of the molecule is Cc1ccc(-n2nc(C)c(NC(=O)CSc3ncc(-c4ccccc4)n3CC(F)(F)F)c2C)cc1. The molecule has 0 saturated heterocycles. The summed E-state index contributed by atoms with van der Waals surface area (Å²) in [6.07, 6.45) is -3.03. The molecule has 0 fully saturated rings. The summed E-state index contributed by atoms with van der Waals surface area (Å²) in [5.41, 5.74) is 4.95. The van der Waals surface area contributed by atoms with Crippen molar-refractivity contribution in [3.8, 4) is 16.9 Å². The van der Waals surface area contributed by atoms with Gasteiger partial charge in [0.2, 0.25) is 5.91 Å². The summed E-state index contributed by atoms with van der Waals surface area (Å²) in [7, 11) is 0. The van der Waals surface area contributed by atoms with Crippen molar-refractivity contribution in [1.29, 1.82) is 0 Å². The van der Waals surface area contributed by atoms with Crippen LogP contribution in [0.1, 0.15) is 17.0 Å². The number of halogens is 3. The maximum atomic E-state index is 13.3. The molecule has 0 radical (unpaired) electrons. The van der Waals surface area contributed by atoms with Gasteiger partial charge in [0.05, 0.1) is 40.4 Å². The van der Waals surface area contributed by atoms with Crippen LogP contribution < -0.4 is 5.32 Å². The Morgan fingerprint density at radius 3 is 2.37 bits per heavy atom. The van der Waals surface area contributed by atoms with Crippen LogP contribution in [0.15, 0.2) is 66.0 Å². The van der Waals surface area contributed by atoms with E-state index in [0.29, 0.717) is 22.6 Å². The first-order chi connectivity index (χ1) is 16.6. The highest BCUT2D eigenvalue weighted by atomic mass is 32.2. The fraction of sp³-hybridized carbons (Fsp3) is 0.240. The van der Waals surface area contributed by atoms with Crippen molar-refractivity contribution in [3.63, 3.8) is 0 Å². The third-order valence-electron chi connectivity index (χ3n) is 5.39. The number of imidazole rings is 1. The monoisotopic (exact) mass is 499 g/mol. The lowest BCUT2D eigenvalue weighted by Gasteiger charge is -2.14. The number of carbonyl (C=O) groups excluding carboxylic acids is 1. The molecule has 4 rings (SSSR count). The van der Waals surface area contributed by atoms with Crippen molar-refractivity contribution in [2.75, 3.05) is 11.1 Å². The summed E-state index contributed by atoms with van der Waals surface area (Å²) in [4.78, 5) is 16.9. The zero-order valence-electron chi connectivity index (χ0n) is 19.4. The van der Waals surface area contributed by atoms with Crippen LogP contribution in [-0.4, -0.2) is 37.2 Å². The Labute approximate surface area is 205 Å². The van der Waals surface area contributed by atoms with Crippen LogP contribution in [0.3, 0.4) is 0 Å². The Kier molecular flexibility index (Phi) is 7.02.